The van der Waals surface area contributed by atoms with Gasteiger partial charge in [0.15, 0.2) is 0 Å². The standard InChI is InChI=1S/C35H42N4/c1-3-14-30(15-4-1)34-20-9-7-18-32(34)28-38-26-12-24-36-22-11-23-37-25-13-27-39-29-33-19-8-10-21-35(33)31-16-5-2-6-17-31/h1-10,14-21,36-37H,11-13,22-29H2/q-2. The molecule has 4 heteroatoms. The number of rotatable bonds is 18. The van der Waals surface area contributed by atoms with Crippen molar-refractivity contribution >= 4 is 0 Å². The lowest BCUT2D eigenvalue weighted by molar-refractivity contribution is 0.583. The third-order valence-electron chi connectivity index (χ3n) is 6.82. The summed E-state index contributed by atoms with van der Waals surface area (Å²) in [5.41, 5.74) is 7.69. The first-order chi connectivity index (χ1) is 19.4. The SMILES string of the molecule is c1ccc(-c2ccccc2C[N-]CCCNCCCNCCC[N-]Cc2ccccc2-c2ccccc2)cc1. The van der Waals surface area contributed by atoms with Crippen molar-refractivity contribution in [3.63, 3.8) is 0 Å². The van der Waals surface area contributed by atoms with Crippen LogP contribution in [0, 0.1) is 0 Å². The Balaban J connectivity index is 0.971. The Hall–Kier alpha value is -3.28. The van der Waals surface area contributed by atoms with E-state index in [9.17, 15) is 0 Å². The molecular weight excluding hydrogens is 476 g/mol. The van der Waals surface area contributed by atoms with Crippen molar-refractivity contribution in [1.82, 2.24) is 10.6 Å². The van der Waals surface area contributed by atoms with Gasteiger partial charge in [-0.1, -0.05) is 133 Å². The molecule has 0 radical (unpaired) electrons. The van der Waals surface area contributed by atoms with Gasteiger partial charge in [-0.15, -0.1) is 26.2 Å². The van der Waals surface area contributed by atoms with Crippen LogP contribution in [-0.4, -0.2) is 39.3 Å². The van der Waals surface area contributed by atoms with Crippen molar-refractivity contribution in [1.29, 1.82) is 0 Å². The molecule has 204 valence electrons. The van der Waals surface area contributed by atoms with Crippen LogP contribution in [0.2, 0.25) is 0 Å². The molecule has 4 aromatic rings. The first kappa shape index (κ1) is 28.7. The lowest BCUT2D eigenvalue weighted by Crippen LogP contribution is -2.24. The number of hydrogen-bond acceptors (Lipinski definition) is 2. The summed E-state index contributed by atoms with van der Waals surface area (Å²) in [7, 11) is 0. The predicted molar refractivity (Wildman–Crippen MR) is 167 cm³/mol. The lowest BCUT2D eigenvalue weighted by atomic mass is 10.00. The van der Waals surface area contributed by atoms with E-state index in [2.05, 4.69) is 120 Å². The highest BCUT2D eigenvalue weighted by atomic mass is 14.9. The Bertz CT molecular complexity index is 1100. The van der Waals surface area contributed by atoms with Crippen LogP contribution in [0.5, 0.6) is 0 Å². The third kappa shape index (κ3) is 10.1. The van der Waals surface area contributed by atoms with Crippen LogP contribution in [0.3, 0.4) is 0 Å². The van der Waals surface area contributed by atoms with Crippen LogP contribution in [-0.2, 0) is 13.1 Å². The summed E-state index contributed by atoms with van der Waals surface area (Å²) < 4.78 is 0. The largest absolute Gasteiger partial charge is 0.658 e. The first-order valence-corrected chi connectivity index (χ1v) is 14.4. The summed E-state index contributed by atoms with van der Waals surface area (Å²) in [6, 6.07) is 38.3. The first-order valence-electron chi connectivity index (χ1n) is 14.4. The van der Waals surface area contributed by atoms with Crippen molar-refractivity contribution in [2.45, 2.75) is 32.4 Å². The third-order valence-corrected chi connectivity index (χ3v) is 6.82. The molecule has 0 atom stereocenters. The quantitative estimate of drug-likeness (QED) is 0.132. The van der Waals surface area contributed by atoms with Crippen LogP contribution in [0.4, 0.5) is 0 Å². The molecule has 0 saturated heterocycles. The summed E-state index contributed by atoms with van der Waals surface area (Å²) >= 11 is 0. The van der Waals surface area contributed by atoms with Gasteiger partial charge in [0.25, 0.3) is 0 Å². The van der Waals surface area contributed by atoms with Crippen LogP contribution in [0.25, 0.3) is 32.9 Å². The molecule has 0 bridgehead atoms. The maximum absolute atomic E-state index is 4.79. The van der Waals surface area contributed by atoms with Gasteiger partial charge in [-0.2, -0.15) is 0 Å². The van der Waals surface area contributed by atoms with Crippen molar-refractivity contribution < 1.29 is 0 Å². The van der Waals surface area contributed by atoms with Gasteiger partial charge in [0.05, 0.1) is 0 Å². The molecule has 0 aliphatic heterocycles. The molecule has 0 aliphatic carbocycles. The van der Waals surface area contributed by atoms with Gasteiger partial charge >= 0.3 is 0 Å². The van der Waals surface area contributed by atoms with E-state index in [1.165, 1.54) is 33.4 Å². The Labute approximate surface area is 235 Å². The van der Waals surface area contributed by atoms with Gasteiger partial charge in [0.1, 0.15) is 0 Å². The summed E-state index contributed by atoms with van der Waals surface area (Å²) in [6.45, 7) is 7.48. The van der Waals surface area contributed by atoms with Crippen LogP contribution < -0.4 is 10.6 Å². The monoisotopic (exact) mass is 518 g/mol. The van der Waals surface area contributed by atoms with Gasteiger partial charge in [0.2, 0.25) is 0 Å². The zero-order valence-electron chi connectivity index (χ0n) is 23.1. The molecular formula is C35H42N4-2. The Morgan fingerprint density at radius 1 is 0.410 bits per heavy atom. The second kappa shape index (κ2) is 17.3. The minimum absolute atomic E-state index is 0.779. The maximum atomic E-state index is 4.79. The van der Waals surface area contributed by atoms with Crippen molar-refractivity contribution in [2.24, 2.45) is 0 Å². The lowest BCUT2D eigenvalue weighted by Gasteiger charge is -2.21. The average Bonchev–Trinajstić information content (AvgIpc) is 3.00. The molecule has 0 amide bonds. The summed E-state index contributed by atoms with van der Waals surface area (Å²) in [6.07, 6.45) is 3.30. The van der Waals surface area contributed by atoms with E-state index in [0.29, 0.717) is 0 Å². The van der Waals surface area contributed by atoms with E-state index >= 15 is 0 Å². The van der Waals surface area contributed by atoms with Crippen LogP contribution >= 0.6 is 0 Å². The zero-order chi connectivity index (χ0) is 26.8. The molecule has 0 saturated carbocycles. The van der Waals surface area contributed by atoms with Crippen LogP contribution in [0.1, 0.15) is 30.4 Å². The smallest absolute Gasteiger partial charge is 0.00368 e. The minimum atomic E-state index is 0.779. The number of benzene rings is 4. The fourth-order valence-electron chi connectivity index (χ4n) is 4.73. The molecule has 0 aliphatic rings. The molecule has 0 unspecified atom stereocenters. The molecule has 4 nitrogen and oxygen atoms in total. The molecule has 0 heterocycles. The Morgan fingerprint density at radius 3 is 1.26 bits per heavy atom. The van der Waals surface area contributed by atoms with Crippen molar-refractivity contribution in [2.75, 3.05) is 39.3 Å². The summed E-state index contributed by atoms with van der Waals surface area (Å²) in [5.74, 6) is 0. The second-order valence-corrected chi connectivity index (χ2v) is 9.82. The highest BCUT2D eigenvalue weighted by molar-refractivity contribution is 5.68. The van der Waals surface area contributed by atoms with E-state index in [4.69, 9.17) is 10.6 Å². The Kier molecular flexibility index (Phi) is 12.8. The highest BCUT2D eigenvalue weighted by Crippen LogP contribution is 2.26. The average molecular weight is 519 g/mol. The second-order valence-electron chi connectivity index (χ2n) is 9.82. The molecule has 39 heavy (non-hydrogen) atoms. The van der Waals surface area contributed by atoms with E-state index in [0.717, 1.165) is 71.6 Å². The van der Waals surface area contributed by atoms with Gasteiger partial charge in [-0.05, 0) is 54.9 Å². The minimum Gasteiger partial charge on any atom is -0.658 e. The molecule has 0 spiro atoms. The molecule has 4 rings (SSSR count). The zero-order valence-corrected chi connectivity index (χ0v) is 23.1. The Morgan fingerprint density at radius 2 is 0.795 bits per heavy atom. The summed E-state index contributed by atoms with van der Waals surface area (Å²) in [5, 5.41) is 16.7. The molecule has 2 N–H and O–H groups in total. The number of nitrogens with zero attached hydrogens (tertiary/aromatic N) is 2. The van der Waals surface area contributed by atoms with Gasteiger partial charge in [-0.25, -0.2) is 0 Å². The van der Waals surface area contributed by atoms with E-state index in [-0.39, 0.29) is 0 Å². The number of hydrogen-bond donors (Lipinski definition) is 2. The maximum Gasteiger partial charge on any atom is -0.00368 e. The fraction of sp³-hybridized carbons (Fsp3) is 0.314. The van der Waals surface area contributed by atoms with Crippen molar-refractivity contribution in [3.05, 3.63) is 131 Å². The molecule has 0 aromatic heterocycles. The van der Waals surface area contributed by atoms with Crippen molar-refractivity contribution in [3.8, 4) is 22.3 Å². The predicted octanol–water partition coefficient (Wildman–Crippen LogP) is 7.82. The van der Waals surface area contributed by atoms with Gasteiger partial charge < -0.3 is 21.3 Å². The number of nitrogens with one attached hydrogen (secondary N) is 2. The van der Waals surface area contributed by atoms with Gasteiger partial charge in [-0.3, -0.25) is 0 Å². The molecule has 0 fully saturated rings. The summed E-state index contributed by atoms with van der Waals surface area (Å²) in [4.78, 5) is 0. The highest BCUT2D eigenvalue weighted by Gasteiger charge is 2.01. The van der Waals surface area contributed by atoms with Gasteiger partial charge in [0, 0.05) is 0 Å². The van der Waals surface area contributed by atoms with E-state index < -0.39 is 0 Å². The molecule has 4 aromatic carbocycles. The normalized spacial score (nSPS) is 11.1. The van der Waals surface area contributed by atoms with Crippen LogP contribution in [0.15, 0.2) is 109 Å². The van der Waals surface area contributed by atoms with E-state index in [1.54, 1.807) is 0 Å². The topological polar surface area (TPSA) is 52.3 Å². The van der Waals surface area contributed by atoms with E-state index in [1.807, 2.05) is 0 Å². The fourth-order valence-corrected chi connectivity index (χ4v) is 4.73.